The fourth-order valence-electron chi connectivity index (χ4n) is 5.80. The van der Waals surface area contributed by atoms with Crippen LogP contribution in [0.3, 0.4) is 0 Å². The second-order valence-corrected chi connectivity index (χ2v) is 11.3. The van der Waals surface area contributed by atoms with E-state index in [1.54, 1.807) is 23.1 Å². The fourth-order valence-corrected chi connectivity index (χ4v) is 6.10. The van der Waals surface area contributed by atoms with Gasteiger partial charge in [0.1, 0.15) is 28.6 Å². The summed E-state index contributed by atoms with van der Waals surface area (Å²) in [6.45, 7) is 1.12. The van der Waals surface area contributed by atoms with Gasteiger partial charge >= 0.3 is 6.09 Å². The van der Waals surface area contributed by atoms with Crippen LogP contribution in [0, 0.1) is 17.6 Å². The van der Waals surface area contributed by atoms with Gasteiger partial charge in [-0.2, -0.15) is 0 Å². The van der Waals surface area contributed by atoms with Crippen molar-refractivity contribution in [3.05, 3.63) is 93.7 Å². The predicted octanol–water partition coefficient (Wildman–Crippen LogP) is 5.34. The molecule has 5 rings (SSSR count). The fraction of sp³-hybridized carbons (Fsp3) is 0.333. The maximum Gasteiger partial charge on any atom is 0.415 e. The number of hydrogen-bond donors (Lipinski definition) is 1. The van der Waals surface area contributed by atoms with E-state index < -0.39 is 35.1 Å². The van der Waals surface area contributed by atoms with Gasteiger partial charge in [-0.05, 0) is 66.9 Å². The van der Waals surface area contributed by atoms with Crippen molar-refractivity contribution in [3.63, 3.8) is 0 Å². The zero-order valence-electron chi connectivity index (χ0n) is 22.7. The van der Waals surface area contributed by atoms with Crippen LogP contribution in [0.4, 0.5) is 13.6 Å². The molecule has 0 spiro atoms. The zero-order valence-corrected chi connectivity index (χ0v) is 24.2. The Bertz CT molecular complexity index is 1480. The van der Waals surface area contributed by atoms with E-state index in [0.717, 1.165) is 11.8 Å². The quantitative estimate of drug-likeness (QED) is 0.402. The van der Waals surface area contributed by atoms with Crippen LogP contribution in [0.15, 0.2) is 60.8 Å². The number of amides is 2. The minimum atomic E-state index is -1.36. The average Bonchev–Trinajstić information content (AvgIpc) is 3.45. The van der Waals surface area contributed by atoms with Gasteiger partial charge in [-0.1, -0.05) is 29.3 Å². The number of nitrogens with one attached hydrogen (secondary N) is 1. The number of hydrogen-bond acceptors (Lipinski definition) is 6. The first-order chi connectivity index (χ1) is 20.1. The summed E-state index contributed by atoms with van der Waals surface area (Å²) in [4.78, 5) is 47.7. The third-order valence-electron chi connectivity index (χ3n) is 8.08. The van der Waals surface area contributed by atoms with Gasteiger partial charge in [-0.15, -0.1) is 0 Å². The van der Waals surface area contributed by atoms with Crippen LogP contribution < -0.4 is 10.1 Å². The first kappa shape index (κ1) is 29.9. The molecule has 2 aliphatic rings. The van der Waals surface area contributed by atoms with Crippen molar-refractivity contribution in [2.75, 3.05) is 33.2 Å². The number of benzene rings is 2. The number of carbonyl (C=O) groups is 3. The molecule has 2 aliphatic heterocycles. The molecule has 2 atom stereocenters. The van der Waals surface area contributed by atoms with Crippen LogP contribution in [-0.4, -0.2) is 71.3 Å². The standard InChI is InChI=1S/C30H28Cl2F2N4O4/c1-37(29(41)42-22-6-3-20(33)4-7-22)30(17-35-16-23(30)19-2-8-24(31)25(32)14-19)27(39)18-10-12-38(13-11-18)28(40)26-9-5-21(34)15-36-26/h2-9,14-15,18,23,35H,10-13,16-17H2,1H3/t23-,30+/m0/s1. The molecule has 0 radical (unpaired) electrons. The van der Waals surface area contributed by atoms with E-state index >= 15 is 0 Å². The van der Waals surface area contributed by atoms with Gasteiger partial charge in [0.15, 0.2) is 5.78 Å². The van der Waals surface area contributed by atoms with Crippen molar-refractivity contribution in [2.24, 2.45) is 5.92 Å². The molecule has 8 nitrogen and oxygen atoms in total. The molecule has 12 heteroatoms. The number of Topliss-reactive ketones (excluding diaryl/α,β-unsaturated/α-hetero) is 1. The minimum Gasteiger partial charge on any atom is -0.410 e. The van der Waals surface area contributed by atoms with Crippen molar-refractivity contribution in [3.8, 4) is 5.75 Å². The second-order valence-electron chi connectivity index (χ2n) is 10.5. The molecule has 0 bridgehead atoms. The smallest absolute Gasteiger partial charge is 0.410 e. The molecule has 2 saturated heterocycles. The third kappa shape index (κ3) is 5.84. The van der Waals surface area contributed by atoms with E-state index in [-0.39, 0.29) is 29.7 Å². The second kappa shape index (κ2) is 12.3. The number of piperidine rings is 1. The number of pyridine rings is 1. The van der Waals surface area contributed by atoms with E-state index in [2.05, 4.69) is 10.3 Å². The molecule has 0 saturated carbocycles. The molecule has 220 valence electrons. The highest BCUT2D eigenvalue weighted by Crippen LogP contribution is 2.42. The summed E-state index contributed by atoms with van der Waals surface area (Å²) >= 11 is 12.5. The SMILES string of the molecule is CN(C(=O)Oc1ccc(F)cc1)[C@]1(C(=O)C2CCN(C(=O)c3ccc(F)cn3)CC2)CNC[C@H]1c1ccc(Cl)c(Cl)c1. The van der Waals surface area contributed by atoms with Crippen molar-refractivity contribution >= 4 is 41.0 Å². The summed E-state index contributed by atoms with van der Waals surface area (Å²) in [7, 11) is 1.51. The highest BCUT2D eigenvalue weighted by molar-refractivity contribution is 6.42. The molecule has 2 fully saturated rings. The Balaban J connectivity index is 1.41. The summed E-state index contributed by atoms with van der Waals surface area (Å²) in [5.41, 5.74) is -0.510. The van der Waals surface area contributed by atoms with Crippen LogP contribution in [0.1, 0.15) is 34.8 Å². The van der Waals surface area contributed by atoms with Crippen LogP contribution in [0.25, 0.3) is 0 Å². The minimum absolute atomic E-state index is 0.126. The van der Waals surface area contributed by atoms with Crippen LogP contribution >= 0.6 is 23.2 Å². The largest absolute Gasteiger partial charge is 0.415 e. The molecule has 3 heterocycles. The van der Waals surface area contributed by atoms with E-state index in [4.69, 9.17) is 27.9 Å². The van der Waals surface area contributed by atoms with E-state index in [0.29, 0.717) is 42.5 Å². The van der Waals surface area contributed by atoms with Gasteiger partial charge < -0.3 is 15.0 Å². The Hall–Kier alpha value is -3.60. The van der Waals surface area contributed by atoms with Crippen LogP contribution in [-0.2, 0) is 4.79 Å². The first-order valence-electron chi connectivity index (χ1n) is 13.4. The van der Waals surface area contributed by atoms with Gasteiger partial charge in [0.2, 0.25) is 0 Å². The molecule has 3 aromatic rings. The number of rotatable bonds is 6. The van der Waals surface area contributed by atoms with Crippen molar-refractivity contribution < 1.29 is 27.9 Å². The topological polar surface area (TPSA) is 91.8 Å². The number of halogens is 4. The Morgan fingerprint density at radius 2 is 1.69 bits per heavy atom. The summed E-state index contributed by atoms with van der Waals surface area (Å²) in [5, 5.41) is 3.96. The molecule has 1 N–H and O–H groups in total. The lowest BCUT2D eigenvalue weighted by molar-refractivity contribution is -0.134. The Morgan fingerprint density at radius 3 is 2.33 bits per heavy atom. The highest BCUT2D eigenvalue weighted by Gasteiger charge is 2.56. The first-order valence-corrected chi connectivity index (χ1v) is 14.2. The Labute approximate surface area is 251 Å². The van der Waals surface area contributed by atoms with Gasteiger partial charge in [0.05, 0.1) is 16.2 Å². The van der Waals surface area contributed by atoms with Crippen LogP contribution in [0.5, 0.6) is 5.75 Å². The number of ketones is 1. The summed E-state index contributed by atoms with van der Waals surface area (Å²) in [6, 6.07) is 12.7. The number of ether oxygens (including phenoxy) is 1. The molecule has 1 aromatic heterocycles. The van der Waals surface area contributed by atoms with E-state index in [9.17, 15) is 23.2 Å². The molecule has 2 amide bonds. The van der Waals surface area contributed by atoms with Crippen LogP contribution in [0.2, 0.25) is 10.0 Å². The number of nitrogens with zero attached hydrogens (tertiary/aromatic N) is 3. The number of carbonyl (C=O) groups excluding carboxylic acids is 3. The summed E-state index contributed by atoms with van der Waals surface area (Å²) < 4.78 is 32.2. The lowest BCUT2D eigenvalue weighted by Crippen LogP contribution is -2.62. The molecule has 2 aromatic carbocycles. The Morgan fingerprint density at radius 1 is 1.00 bits per heavy atom. The third-order valence-corrected chi connectivity index (χ3v) is 8.82. The predicted molar refractivity (Wildman–Crippen MR) is 153 cm³/mol. The average molecular weight is 617 g/mol. The monoisotopic (exact) mass is 616 g/mol. The van der Waals surface area contributed by atoms with E-state index in [1.165, 1.54) is 48.3 Å². The van der Waals surface area contributed by atoms with Gasteiger partial charge in [0, 0.05) is 45.1 Å². The summed E-state index contributed by atoms with van der Waals surface area (Å²) in [6.07, 6.45) is 0.939. The number of aromatic nitrogens is 1. The Kier molecular flexibility index (Phi) is 8.77. The lowest BCUT2D eigenvalue weighted by atomic mass is 9.72. The number of likely N-dealkylation sites (tertiary alicyclic amines) is 1. The molecular formula is C30H28Cl2F2N4O4. The number of likely N-dealkylation sites (N-methyl/N-ethyl adjacent to an activating group) is 1. The molecule has 0 aliphatic carbocycles. The zero-order chi connectivity index (χ0) is 30.0. The van der Waals surface area contributed by atoms with Crippen molar-refractivity contribution in [2.45, 2.75) is 24.3 Å². The van der Waals surface area contributed by atoms with Crippen molar-refractivity contribution in [1.82, 2.24) is 20.1 Å². The highest BCUT2D eigenvalue weighted by atomic mass is 35.5. The summed E-state index contributed by atoms with van der Waals surface area (Å²) in [5.74, 6) is -2.36. The maximum absolute atomic E-state index is 14.5. The van der Waals surface area contributed by atoms with Gasteiger partial charge in [-0.25, -0.2) is 18.6 Å². The van der Waals surface area contributed by atoms with Gasteiger partial charge in [0.25, 0.3) is 5.91 Å². The van der Waals surface area contributed by atoms with Crippen molar-refractivity contribution in [1.29, 1.82) is 0 Å². The van der Waals surface area contributed by atoms with E-state index in [1.807, 2.05) is 0 Å². The lowest BCUT2D eigenvalue weighted by Gasteiger charge is -2.44. The van der Waals surface area contributed by atoms with Gasteiger partial charge in [-0.3, -0.25) is 14.5 Å². The normalized spacial score (nSPS) is 20.8. The molecular weight excluding hydrogens is 589 g/mol. The maximum atomic E-state index is 14.5. The molecule has 42 heavy (non-hydrogen) atoms. The molecule has 0 unspecified atom stereocenters.